The predicted molar refractivity (Wildman–Crippen MR) is 78.9 cm³/mol. The van der Waals surface area contributed by atoms with Crippen molar-refractivity contribution in [3.05, 3.63) is 24.0 Å². The molecule has 1 aromatic rings. The van der Waals surface area contributed by atoms with E-state index in [2.05, 4.69) is 15.2 Å². The fourth-order valence-electron chi connectivity index (χ4n) is 2.51. The van der Waals surface area contributed by atoms with Crippen molar-refractivity contribution in [1.82, 2.24) is 10.3 Å². The summed E-state index contributed by atoms with van der Waals surface area (Å²) in [6.45, 7) is 6.07. The van der Waals surface area contributed by atoms with Crippen molar-refractivity contribution in [1.29, 1.82) is 0 Å². The van der Waals surface area contributed by atoms with E-state index in [0.717, 1.165) is 38.0 Å². The number of amides is 1. The number of carbonyl (C=O) groups is 1. The molecule has 0 bridgehead atoms. The molecule has 2 N–H and O–H groups in total. The van der Waals surface area contributed by atoms with Crippen molar-refractivity contribution >= 4 is 11.6 Å². The van der Waals surface area contributed by atoms with Crippen molar-refractivity contribution in [2.24, 2.45) is 0 Å². The Morgan fingerprint density at radius 1 is 1.50 bits per heavy atom. The Morgan fingerprint density at radius 3 is 3.05 bits per heavy atom. The highest BCUT2D eigenvalue weighted by Gasteiger charge is 2.25. The molecule has 5 nitrogen and oxygen atoms in total. The van der Waals surface area contributed by atoms with Gasteiger partial charge in [-0.15, -0.1) is 0 Å². The zero-order valence-electron chi connectivity index (χ0n) is 12.2. The Balaban J connectivity index is 2.12. The minimum Gasteiger partial charge on any atom is -0.390 e. The number of aliphatic hydroxyl groups is 1. The second-order valence-corrected chi connectivity index (χ2v) is 5.60. The molecule has 1 atom stereocenters. The monoisotopic (exact) mass is 277 g/mol. The van der Waals surface area contributed by atoms with Crippen LogP contribution in [0.2, 0.25) is 0 Å². The van der Waals surface area contributed by atoms with Crippen LogP contribution >= 0.6 is 0 Å². The fourth-order valence-corrected chi connectivity index (χ4v) is 2.51. The van der Waals surface area contributed by atoms with E-state index in [9.17, 15) is 9.90 Å². The average Bonchev–Trinajstić information content (AvgIpc) is 2.60. The van der Waals surface area contributed by atoms with E-state index in [1.807, 2.05) is 26.0 Å². The maximum atomic E-state index is 11.8. The number of nitrogens with zero attached hydrogens (tertiary/aromatic N) is 2. The molecule has 1 amide bonds. The molecule has 0 spiro atoms. The summed E-state index contributed by atoms with van der Waals surface area (Å²) in [6.07, 6.45) is 4.18. The van der Waals surface area contributed by atoms with Gasteiger partial charge in [0.15, 0.2) is 0 Å². The molecule has 0 aliphatic carbocycles. The topological polar surface area (TPSA) is 65.5 Å². The smallest absolute Gasteiger partial charge is 0.269 e. The zero-order chi connectivity index (χ0) is 14.6. The van der Waals surface area contributed by atoms with Crippen LogP contribution in [0.5, 0.6) is 0 Å². The molecule has 0 saturated carbocycles. The lowest BCUT2D eigenvalue weighted by Crippen LogP contribution is -2.29. The maximum Gasteiger partial charge on any atom is 0.269 e. The fraction of sp³-hybridized carbons (Fsp3) is 0.600. The number of pyridine rings is 1. The summed E-state index contributed by atoms with van der Waals surface area (Å²) in [5.74, 6) is -0.142. The number of carbonyl (C=O) groups excluding carboxylic acids is 1. The van der Waals surface area contributed by atoms with E-state index in [0.29, 0.717) is 12.2 Å². The Morgan fingerprint density at radius 2 is 2.30 bits per heavy atom. The van der Waals surface area contributed by atoms with Crippen molar-refractivity contribution < 1.29 is 9.90 Å². The highest BCUT2D eigenvalue weighted by molar-refractivity contribution is 5.93. The lowest BCUT2D eigenvalue weighted by atomic mass is 9.98. The molecule has 5 heteroatoms. The maximum absolute atomic E-state index is 11.8. The summed E-state index contributed by atoms with van der Waals surface area (Å²) in [5, 5.41) is 12.9. The van der Waals surface area contributed by atoms with E-state index in [4.69, 9.17) is 0 Å². The number of hydrogen-bond acceptors (Lipinski definition) is 4. The Hall–Kier alpha value is -1.62. The largest absolute Gasteiger partial charge is 0.390 e. The van der Waals surface area contributed by atoms with E-state index in [1.54, 1.807) is 6.20 Å². The summed E-state index contributed by atoms with van der Waals surface area (Å²) in [5.41, 5.74) is 0.865. The average molecular weight is 277 g/mol. The van der Waals surface area contributed by atoms with Gasteiger partial charge < -0.3 is 15.3 Å². The van der Waals surface area contributed by atoms with Crippen LogP contribution in [0.3, 0.4) is 0 Å². The van der Waals surface area contributed by atoms with Gasteiger partial charge in [0.2, 0.25) is 0 Å². The van der Waals surface area contributed by atoms with E-state index >= 15 is 0 Å². The van der Waals surface area contributed by atoms with E-state index in [-0.39, 0.29) is 5.91 Å². The molecule has 1 unspecified atom stereocenters. The lowest BCUT2D eigenvalue weighted by Gasteiger charge is -2.24. The van der Waals surface area contributed by atoms with Crippen molar-refractivity contribution in [3.8, 4) is 0 Å². The van der Waals surface area contributed by atoms with Gasteiger partial charge in [0.05, 0.1) is 5.60 Å². The van der Waals surface area contributed by atoms with Gasteiger partial charge in [0.25, 0.3) is 5.91 Å². The predicted octanol–water partition coefficient (Wildman–Crippen LogP) is 1.57. The van der Waals surface area contributed by atoms with Crippen molar-refractivity contribution in [2.45, 2.75) is 38.7 Å². The third kappa shape index (κ3) is 3.70. The molecular weight excluding hydrogens is 254 g/mol. The first-order valence-electron chi connectivity index (χ1n) is 7.23. The van der Waals surface area contributed by atoms with Crippen LogP contribution in [0.15, 0.2) is 18.3 Å². The number of hydrogen-bond donors (Lipinski definition) is 2. The van der Waals surface area contributed by atoms with Gasteiger partial charge in [0.1, 0.15) is 5.69 Å². The van der Waals surface area contributed by atoms with Gasteiger partial charge in [-0.1, -0.05) is 0 Å². The standard InChI is InChI=1S/C15H23N3O2/c1-3-16-14(19)13-11-12(5-8-17-13)18-9-4-6-15(2,20)7-10-18/h5,8,11,20H,3-4,6-7,9-10H2,1-2H3,(H,16,19). The first-order chi connectivity index (χ1) is 9.52. The normalized spacial score (nSPS) is 23.2. The zero-order valence-corrected chi connectivity index (χ0v) is 12.2. The highest BCUT2D eigenvalue weighted by Crippen LogP contribution is 2.25. The minimum absolute atomic E-state index is 0.142. The SMILES string of the molecule is CCNC(=O)c1cc(N2CCCC(C)(O)CC2)ccn1. The Kier molecular flexibility index (Phi) is 4.60. The molecule has 2 rings (SSSR count). The summed E-state index contributed by atoms with van der Waals surface area (Å²) in [4.78, 5) is 18.1. The molecular formula is C15H23N3O2. The van der Waals surface area contributed by atoms with Gasteiger partial charge >= 0.3 is 0 Å². The van der Waals surface area contributed by atoms with Crippen LogP contribution in [-0.2, 0) is 0 Å². The molecule has 1 saturated heterocycles. The summed E-state index contributed by atoms with van der Waals surface area (Å²) in [6, 6.07) is 3.74. The first-order valence-corrected chi connectivity index (χ1v) is 7.23. The molecule has 0 radical (unpaired) electrons. The van der Waals surface area contributed by atoms with Gasteiger partial charge in [0, 0.05) is 31.5 Å². The third-order valence-electron chi connectivity index (χ3n) is 3.74. The molecule has 1 aliphatic rings. The molecule has 110 valence electrons. The molecule has 20 heavy (non-hydrogen) atoms. The minimum atomic E-state index is -0.579. The second kappa shape index (κ2) is 6.22. The second-order valence-electron chi connectivity index (χ2n) is 5.60. The molecule has 2 heterocycles. The van der Waals surface area contributed by atoms with Gasteiger partial charge in [-0.05, 0) is 45.2 Å². The van der Waals surface area contributed by atoms with Crippen molar-refractivity contribution in [2.75, 3.05) is 24.5 Å². The summed E-state index contributed by atoms with van der Waals surface area (Å²) < 4.78 is 0. The van der Waals surface area contributed by atoms with Crippen LogP contribution in [0, 0.1) is 0 Å². The lowest BCUT2D eigenvalue weighted by molar-refractivity contribution is 0.0481. The van der Waals surface area contributed by atoms with Crippen LogP contribution in [0.1, 0.15) is 43.6 Å². The van der Waals surface area contributed by atoms with Crippen LogP contribution in [0.25, 0.3) is 0 Å². The van der Waals surface area contributed by atoms with Gasteiger partial charge in [-0.25, -0.2) is 0 Å². The third-order valence-corrected chi connectivity index (χ3v) is 3.74. The molecule has 1 aliphatic heterocycles. The van der Waals surface area contributed by atoms with Crippen LogP contribution in [0.4, 0.5) is 5.69 Å². The number of anilines is 1. The first kappa shape index (κ1) is 14.8. The Labute approximate surface area is 120 Å². The molecule has 1 aromatic heterocycles. The van der Waals surface area contributed by atoms with E-state index in [1.165, 1.54) is 0 Å². The van der Waals surface area contributed by atoms with Crippen LogP contribution in [-0.4, -0.2) is 41.2 Å². The Bertz CT molecular complexity index is 474. The van der Waals surface area contributed by atoms with Gasteiger partial charge in [-0.2, -0.15) is 0 Å². The number of rotatable bonds is 3. The van der Waals surface area contributed by atoms with Gasteiger partial charge in [-0.3, -0.25) is 9.78 Å². The molecule has 1 fully saturated rings. The summed E-state index contributed by atoms with van der Waals surface area (Å²) in [7, 11) is 0. The van der Waals surface area contributed by atoms with Crippen LogP contribution < -0.4 is 10.2 Å². The van der Waals surface area contributed by atoms with Crippen molar-refractivity contribution in [3.63, 3.8) is 0 Å². The summed E-state index contributed by atoms with van der Waals surface area (Å²) >= 11 is 0. The number of aromatic nitrogens is 1. The molecule has 0 aromatic carbocycles. The van der Waals surface area contributed by atoms with E-state index < -0.39 is 5.60 Å². The highest BCUT2D eigenvalue weighted by atomic mass is 16.3. The quantitative estimate of drug-likeness (QED) is 0.880. The number of nitrogens with one attached hydrogen (secondary N) is 1.